The molecule has 0 radical (unpaired) electrons. The first-order valence-electron chi connectivity index (χ1n) is 9.39. The van der Waals surface area contributed by atoms with Crippen molar-refractivity contribution in [2.45, 2.75) is 47.5 Å². The topological polar surface area (TPSA) is 61.8 Å². The highest BCUT2D eigenvalue weighted by Crippen LogP contribution is 2.35. The Labute approximate surface area is 167 Å². The SMILES string of the molecule is CCOC(=O)OCC(COC(=O)c1ccc(Cl)cc1)(CC(C)C)CC(C)C. The molecule has 152 valence electrons. The summed E-state index contributed by atoms with van der Waals surface area (Å²) in [6, 6.07) is 6.56. The number of ether oxygens (including phenoxy) is 3. The number of benzene rings is 1. The molecule has 0 bridgehead atoms. The van der Waals surface area contributed by atoms with Crippen molar-refractivity contribution >= 4 is 23.7 Å². The maximum atomic E-state index is 12.4. The zero-order valence-electron chi connectivity index (χ0n) is 16.9. The van der Waals surface area contributed by atoms with E-state index in [9.17, 15) is 9.59 Å². The summed E-state index contributed by atoms with van der Waals surface area (Å²) in [5.41, 5.74) is -0.0225. The van der Waals surface area contributed by atoms with Crippen LogP contribution in [0, 0.1) is 17.3 Å². The third-order valence-corrected chi connectivity index (χ3v) is 4.28. The van der Waals surface area contributed by atoms with Crippen LogP contribution in [-0.2, 0) is 14.2 Å². The van der Waals surface area contributed by atoms with Crippen molar-refractivity contribution in [1.29, 1.82) is 0 Å². The Bertz CT molecular complexity index is 585. The maximum Gasteiger partial charge on any atom is 0.508 e. The molecule has 0 amide bonds. The molecule has 0 aliphatic heterocycles. The Morgan fingerprint density at radius 3 is 1.93 bits per heavy atom. The van der Waals surface area contributed by atoms with Gasteiger partial charge in [0.2, 0.25) is 0 Å². The van der Waals surface area contributed by atoms with Crippen molar-refractivity contribution in [1.82, 2.24) is 0 Å². The van der Waals surface area contributed by atoms with E-state index in [4.69, 9.17) is 25.8 Å². The molecule has 1 aromatic rings. The first-order chi connectivity index (χ1) is 12.7. The van der Waals surface area contributed by atoms with Gasteiger partial charge in [0.05, 0.1) is 12.2 Å². The van der Waals surface area contributed by atoms with Gasteiger partial charge in [-0.25, -0.2) is 9.59 Å². The standard InChI is InChI=1S/C21H31ClO5/c1-6-25-20(24)27-14-21(11-15(2)3,12-16(4)5)13-26-19(23)17-7-9-18(22)10-8-17/h7-10,15-16H,6,11-14H2,1-5H3. The lowest BCUT2D eigenvalue weighted by molar-refractivity contribution is -0.0286. The first kappa shape index (κ1) is 23.3. The Morgan fingerprint density at radius 1 is 0.926 bits per heavy atom. The Morgan fingerprint density at radius 2 is 1.44 bits per heavy atom. The molecule has 6 heteroatoms. The smallest absolute Gasteiger partial charge is 0.461 e. The third kappa shape index (κ3) is 8.65. The van der Waals surface area contributed by atoms with E-state index in [0.29, 0.717) is 22.4 Å². The fourth-order valence-corrected chi connectivity index (χ4v) is 3.48. The predicted molar refractivity (Wildman–Crippen MR) is 106 cm³/mol. The second-order valence-corrected chi connectivity index (χ2v) is 8.19. The molecule has 0 aliphatic rings. The number of carbonyl (C=O) groups is 2. The van der Waals surface area contributed by atoms with Gasteiger partial charge in [-0.3, -0.25) is 0 Å². The van der Waals surface area contributed by atoms with Gasteiger partial charge >= 0.3 is 12.1 Å². The lowest BCUT2D eigenvalue weighted by atomic mass is 9.75. The second-order valence-electron chi connectivity index (χ2n) is 7.75. The predicted octanol–water partition coefficient (Wildman–Crippen LogP) is 5.75. The molecule has 0 saturated carbocycles. The van der Waals surface area contributed by atoms with Crippen molar-refractivity contribution < 1.29 is 23.8 Å². The number of hydrogen-bond donors (Lipinski definition) is 0. The summed E-state index contributed by atoms with van der Waals surface area (Å²) in [6.07, 6.45) is 0.829. The van der Waals surface area contributed by atoms with Crippen LogP contribution in [0.15, 0.2) is 24.3 Å². The van der Waals surface area contributed by atoms with Gasteiger partial charge < -0.3 is 14.2 Å². The first-order valence-corrected chi connectivity index (χ1v) is 9.77. The molecule has 0 N–H and O–H groups in total. The second kappa shape index (κ2) is 11.2. The third-order valence-electron chi connectivity index (χ3n) is 4.03. The van der Waals surface area contributed by atoms with Crippen LogP contribution < -0.4 is 0 Å². The molecule has 0 fully saturated rings. The fraction of sp³-hybridized carbons (Fsp3) is 0.619. The molecule has 0 aromatic heterocycles. The molecule has 1 aromatic carbocycles. The minimum Gasteiger partial charge on any atom is -0.461 e. The number of esters is 1. The summed E-state index contributed by atoms with van der Waals surface area (Å²) in [4.78, 5) is 24.1. The molecule has 0 saturated heterocycles. The van der Waals surface area contributed by atoms with E-state index in [2.05, 4.69) is 27.7 Å². The van der Waals surface area contributed by atoms with Gasteiger partial charge in [-0.15, -0.1) is 0 Å². The summed E-state index contributed by atoms with van der Waals surface area (Å²) < 4.78 is 15.8. The van der Waals surface area contributed by atoms with Crippen molar-refractivity contribution in [2.75, 3.05) is 19.8 Å². The highest BCUT2D eigenvalue weighted by Gasteiger charge is 2.35. The van der Waals surface area contributed by atoms with Crippen LogP contribution in [0.25, 0.3) is 0 Å². The number of halogens is 1. The van der Waals surface area contributed by atoms with Crippen LogP contribution in [0.1, 0.15) is 57.8 Å². The molecular formula is C21H31ClO5. The summed E-state index contributed by atoms with van der Waals surface area (Å²) in [5, 5.41) is 0.559. The van der Waals surface area contributed by atoms with Gasteiger partial charge in [-0.05, 0) is 55.9 Å². The number of hydrogen-bond acceptors (Lipinski definition) is 5. The minimum atomic E-state index is -0.696. The molecule has 0 atom stereocenters. The summed E-state index contributed by atoms with van der Waals surface area (Å²) >= 11 is 5.86. The average molecular weight is 399 g/mol. The monoisotopic (exact) mass is 398 g/mol. The molecular weight excluding hydrogens is 368 g/mol. The van der Waals surface area contributed by atoms with Crippen LogP contribution in [0.5, 0.6) is 0 Å². The van der Waals surface area contributed by atoms with Crippen LogP contribution in [0.2, 0.25) is 5.02 Å². The molecule has 0 unspecified atom stereocenters. The molecule has 5 nitrogen and oxygen atoms in total. The van der Waals surface area contributed by atoms with E-state index >= 15 is 0 Å². The van der Waals surface area contributed by atoms with E-state index in [1.165, 1.54) is 0 Å². The van der Waals surface area contributed by atoms with Crippen molar-refractivity contribution in [3.05, 3.63) is 34.9 Å². The summed E-state index contributed by atoms with van der Waals surface area (Å²) in [7, 11) is 0. The van der Waals surface area contributed by atoms with E-state index in [1.54, 1.807) is 31.2 Å². The van der Waals surface area contributed by atoms with Crippen molar-refractivity contribution in [3.8, 4) is 0 Å². The fourth-order valence-electron chi connectivity index (χ4n) is 3.35. The van der Waals surface area contributed by atoms with Crippen LogP contribution >= 0.6 is 11.6 Å². The lowest BCUT2D eigenvalue weighted by Crippen LogP contribution is -2.37. The van der Waals surface area contributed by atoms with E-state index in [1.807, 2.05) is 0 Å². The quantitative estimate of drug-likeness (QED) is 0.469. The highest BCUT2D eigenvalue weighted by atomic mass is 35.5. The molecule has 0 spiro atoms. The average Bonchev–Trinajstić information content (AvgIpc) is 2.58. The minimum absolute atomic E-state index is 0.149. The van der Waals surface area contributed by atoms with Crippen LogP contribution in [0.4, 0.5) is 4.79 Å². The zero-order valence-corrected chi connectivity index (χ0v) is 17.7. The largest absolute Gasteiger partial charge is 0.508 e. The Balaban J connectivity index is 2.90. The normalized spacial score (nSPS) is 11.6. The van der Waals surface area contributed by atoms with Gasteiger partial charge in [0.15, 0.2) is 0 Å². The zero-order chi connectivity index (χ0) is 20.4. The van der Waals surface area contributed by atoms with Crippen LogP contribution in [0.3, 0.4) is 0 Å². The lowest BCUT2D eigenvalue weighted by Gasteiger charge is -2.35. The number of rotatable bonds is 10. The van der Waals surface area contributed by atoms with Crippen molar-refractivity contribution in [2.24, 2.45) is 17.3 Å². The van der Waals surface area contributed by atoms with E-state index < -0.39 is 17.5 Å². The molecule has 0 aliphatic carbocycles. The van der Waals surface area contributed by atoms with Crippen molar-refractivity contribution in [3.63, 3.8) is 0 Å². The van der Waals surface area contributed by atoms with E-state index in [-0.39, 0.29) is 19.8 Å². The molecule has 1 rings (SSSR count). The van der Waals surface area contributed by atoms with Gasteiger partial charge in [0.25, 0.3) is 0 Å². The molecule has 0 heterocycles. The summed E-state index contributed by atoms with van der Waals surface area (Å²) in [6.45, 7) is 10.7. The van der Waals surface area contributed by atoms with Crippen LogP contribution in [-0.4, -0.2) is 31.9 Å². The Kier molecular flexibility index (Phi) is 9.64. The molecule has 27 heavy (non-hydrogen) atoms. The maximum absolute atomic E-state index is 12.4. The van der Waals surface area contributed by atoms with Gasteiger partial charge in [-0.2, -0.15) is 0 Å². The van der Waals surface area contributed by atoms with Gasteiger partial charge in [0, 0.05) is 10.4 Å². The Hall–Kier alpha value is -1.75. The summed E-state index contributed by atoms with van der Waals surface area (Å²) in [5.74, 6) is 0.284. The highest BCUT2D eigenvalue weighted by molar-refractivity contribution is 6.30. The van der Waals surface area contributed by atoms with E-state index in [0.717, 1.165) is 12.8 Å². The number of carbonyl (C=O) groups excluding carboxylic acids is 2. The van der Waals surface area contributed by atoms with Gasteiger partial charge in [-0.1, -0.05) is 39.3 Å². The van der Waals surface area contributed by atoms with Gasteiger partial charge in [0.1, 0.15) is 13.2 Å².